The molecule has 148 valence electrons. The Morgan fingerprint density at radius 3 is 2.59 bits per heavy atom. The summed E-state index contributed by atoms with van der Waals surface area (Å²) in [5.41, 5.74) is 3.97. The van der Waals surface area contributed by atoms with E-state index in [1.54, 1.807) is 7.11 Å². The molecule has 1 aliphatic carbocycles. The summed E-state index contributed by atoms with van der Waals surface area (Å²) in [7, 11) is 1.55. The second kappa shape index (κ2) is 9.00. The Hall–Kier alpha value is -1.69. The van der Waals surface area contributed by atoms with Gasteiger partial charge in [-0.2, -0.15) is 0 Å². The van der Waals surface area contributed by atoms with Gasteiger partial charge in [-0.25, -0.2) is 0 Å². The highest BCUT2D eigenvalue weighted by molar-refractivity contribution is 5.77. The van der Waals surface area contributed by atoms with E-state index in [0.29, 0.717) is 6.54 Å². The molecule has 0 radical (unpaired) electrons. The highest BCUT2D eigenvalue weighted by Crippen LogP contribution is 2.35. The van der Waals surface area contributed by atoms with Gasteiger partial charge in [-0.05, 0) is 49.8 Å². The number of hydrogen-bond donors (Lipinski definition) is 2. The zero-order valence-corrected chi connectivity index (χ0v) is 16.6. The van der Waals surface area contributed by atoms with Gasteiger partial charge in [0, 0.05) is 37.7 Å². The van der Waals surface area contributed by atoms with Crippen LogP contribution in [0.5, 0.6) is 0 Å². The summed E-state index contributed by atoms with van der Waals surface area (Å²) in [6, 6.07) is 9.07. The molecule has 2 N–H and O–H groups in total. The van der Waals surface area contributed by atoms with Gasteiger partial charge in [0.1, 0.15) is 6.61 Å². The highest BCUT2D eigenvalue weighted by Gasteiger charge is 2.42. The number of nitrogens with zero attached hydrogens (tertiary/aromatic N) is 1. The Morgan fingerprint density at radius 1 is 1.30 bits per heavy atom. The van der Waals surface area contributed by atoms with Crippen LogP contribution in [0, 0.1) is 0 Å². The first kappa shape index (κ1) is 20.1. The molecule has 0 spiro atoms. The average molecular weight is 373 g/mol. The van der Waals surface area contributed by atoms with Gasteiger partial charge < -0.3 is 20.1 Å². The van der Waals surface area contributed by atoms with Crippen LogP contribution >= 0.6 is 0 Å². The van der Waals surface area contributed by atoms with Crippen LogP contribution in [0.1, 0.15) is 50.2 Å². The van der Waals surface area contributed by atoms with Crippen molar-refractivity contribution >= 4 is 11.5 Å². The van der Waals surface area contributed by atoms with Gasteiger partial charge in [-0.1, -0.05) is 30.3 Å². The first-order valence-electron chi connectivity index (χ1n) is 9.99. The van der Waals surface area contributed by atoms with E-state index in [9.17, 15) is 9.90 Å². The summed E-state index contributed by atoms with van der Waals surface area (Å²) in [6.07, 6.45) is 5.93. The number of amides is 1. The summed E-state index contributed by atoms with van der Waals surface area (Å²) in [6.45, 7) is 4.86. The number of hydrogen-bond acceptors (Lipinski definition) is 4. The van der Waals surface area contributed by atoms with Crippen LogP contribution in [0.15, 0.2) is 30.3 Å². The van der Waals surface area contributed by atoms with Crippen molar-refractivity contribution in [1.82, 2.24) is 10.2 Å². The Labute approximate surface area is 162 Å². The lowest BCUT2D eigenvalue weighted by molar-refractivity contribution is -0.138. The van der Waals surface area contributed by atoms with Crippen molar-refractivity contribution in [2.45, 2.75) is 57.2 Å². The average Bonchev–Trinajstić information content (AvgIpc) is 3.16. The number of ether oxygens (including phenoxy) is 1. The van der Waals surface area contributed by atoms with Crippen molar-refractivity contribution < 1.29 is 14.6 Å². The minimum atomic E-state index is 0.00372. The molecule has 27 heavy (non-hydrogen) atoms. The summed E-state index contributed by atoms with van der Waals surface area (Å²) < 4.78 is 5.03. The highest BCUT2D eigenvalue weighted by atomic mass is 16.5. The van der Waals surface area contributed by atoms with E-state index in [0.717, 1.165) is 6.42 Å². The predicted octanol–water partition coefficient (Wildman–Crippen LogP) is 2.55. The standard InChI is InChI=1S/C22H32N2O3/c1-15(2)24(21(26)14-27-3)12-19-22(20(13-25)23-19)18-10-8-17(9-11-18)16-6-4-5-7-16/h6,8-11,15,19-20,22-23,25H,4-5,7,12-14H2,1-3H3/t19-,20-,22+/m0/s1. The molecular formula is C22H32N2O3. The first-order valence-corrected chi connectivity index (χ1v) is 9.99. The maximum Gasteiger partial charge on any atom is 0.248 e. The molecule has 1 fully saturated rings. The fourth-order valence-corrected chi connectivity index (χ4v) is 4.31. The SMILES string of the molecule is COCC(=O)N(C[C@@H]1N[C@@H](CO)[C@@H]1c1ccc(C2=CCCC2)cc1)C(C)C. The smallest absolute Gasteiger partial charge is 0.248 e. The number of carbonyl (C=O) groups is 1. The molecule has 0 saturated carbocycles. The van der Waals surface area contributed by atoms with Gasteiger partial charge in [-0.3, -0.25) is 4.79 Å². The molecule has 1 aliphatic heterocycles. The van der Waals surface area contributed by atoms with Crippen molar-refractivity contribution in [3.63, 3.8) is 0 Å². The van der Waals surface area contributed by atoms with Gasteiger partial charge in [0.15, 0.2) is 0 Å². The first-order chi connectivity index (χ1) is 13.0. The van der Waals surface area contributed by atoms with Crippen LogP contribution in [-0.2, 0) is 9.53 Å². The van der Waals surface area contributed by atoms with Crippen LogP contribution in [-0.4, -0.2) is 60.9 Å². The van der Waals surface area contributed by atoms with Crippen molar-refractivity contribution in [3.05, 3.63) is 41.5 Å². The minimum absolute atomic E-state index is 0.00372. The zero-order valence-electron chi connectivity index (χ0n) is 16.6. The van der Waals surface area contributed by atoms with E-state index >= 15 is 0 Å². The van der Waals surface area contributed by atoms with Gasteiger partial charge in [0.05, 0.1) is 6.61 Å². The van der Waals surface area contributed by atoms with E-state index in [2.05, 4.69) is 35.7 Å². The molecule has 0 unspecified atom stereocenters. The van der Waals surface area contributed by atoms with Crippen molar-refractivity contribution in [2.75, 3.05) is 26.9 Å². The fraction of sp³-hybridized carbons (Fsp3) is 0.591. The second-order valence-electron chi connectivity index (χ2n) is 7.90. The largest absolute Gasteiger partial charge is 0.395 e. The van der Waals surface area contributed by atoms with E-state index in [1.807, 2.05) is 18.7 Å². The maximum absolute atomic E-state index is 12.4. The second-order valence-corrected chi connectivity index (χ2v) is 7.90. The molecule has 1 amide bonds. The van der Waals surface area contributed by atoms with E-state index in [4.69, 9.17) is 4.74 Å². The molecule has 1 heterocycles. The number of rotatable bonds is 8. The third-order valence-corrected chi connectivity index (χ3v) is 5.80. The molecule has 5 heteroatoms. The third kappa shape index (κ3) is 4.42. The lowest BCUT2D eigenvalue weighted by Gasteiger charge is -2.48. The molecular weight excluding hydrogens is 340 g/mol. The Bertz CT molecular complexity index is 669. The summed E-state index contributed by atoms with van der Waals surface area (Å²) in [5.74, 6) is 0.210. The molecule has 2 aliphatic rings. The van der Waals surface area contributed by atoms with Gasteiger partial charge in [0.2, 0.25) is 5.91 Å². The molecule has 0 bridgehead atoms. The summed E-state index contributed by atoms with van der Waals surface area (Å²) >= 11 is 0. The van der Waals surface area contributed by atoms with Gasteiger partial charge >= 0.3 is 0 Å². The molecule has 1 aromatic carbocycles. The number of methoxy groups -OCH3 is 1. The molecule has 1 saturated heterocycles. The maximum atomic E-state index is 12.4. The number of allylic oxidation sites excluding steroid dienone is 2. The van der Waals surface area contributed by atoms with Gasteiger partial charge in [-0.15, -0.1) is 0 Å². The van der Waals surface area contributed by atoms with Crippen LogP contribution in [0.4, 0.5) is 0 Å². The zero-order chi connectivity index (χ0) is 19.4. The van der Waals surface area contributed by atoms with E-state index in [1.165, 1.54) is 29.5 Å². The normalized spacial score (nSPS) is 24.6. The monoisotopic (exact) mass is 372 g/mol. The third-order valence-electron chi connectivity index (χ3n) is 5.80. The van der Waals surface area contributed by atoms with Crippen LogP contribution in [0.3, 0.4) is 0 Å². The molecule has 3 atom stereocenters. The quantitative estimate of drug-likeness (QED) is 0.736. The van der Waals surface area contributed by atoms with E-state index < -0.39 is 0 Å². The number of aliphatic hydroxyl groups excluding tert-OH is 1. The van der Waals surface area contributed by atoms with Gasteiger partial charge in [0.25, 0.3) is 0 Å². The number of nitrogens with one attached hydrogen (secondary N) is 1. The molecule has 1 aromatic rings. The van der Waals surface area contributed by atoms with E-state index in [-0.39, 0.29) is 43.2 Å². The molecule has 0 aromatic heterocycles. The van der Waals surface area contributed by atoms with Crippen LogP contribution in [0.2, 0.25) is 0 Å². The lowest BCUT2D eigenvalue weighted by Crippen LogP contribution is -2.65. The molecule has 5 nitrogen and oxygen atoms in total. The Kier molecular flexibility index (Phi) is 6.68. The lowest BCUT2D eigenvalue weighted by atomic mass is 9.77. The summed E-state index contributed by atoms with van der Waals surface area (Å²) in [5, 5.41) is 13.2. The Balaban J connectivity index is 1.72. The van der Waals surface area contributed by atoms with Crippen LogP contribution < -0.4 is 5.32 Å². The minimum Gasteiger partial charge on any atom is -0.395 e. The summed E-state index contributed by atoms with van der Waals surface area (Å²) in [4.78, 5) is 14.2. The topological polar surface area (TPSA) is 61.8 Å². The van der Waals surface area contributed by atoms with Crippen LogP contribution in [0.25, 0.3) is 5.57 Å². The predicted molar refractivity (Wildman–Crippen MR) is 108 cm³/mol. The number of aliphatic hydroxyl groups is 1. The Morgan fingerprint density at radius 2 is 2.04 bits per heavy atom. The van der Waals surface area contributed by atoms with Crippen molar-refractivity contribution in [3.8, 4) is 0 Å². The van der Waals surface area contributed by atoms with Crippen molar-refractivity contribution in [1.29, 1.82) is 0 Å². The number of benzene rings is 1. The molecule has 3 rings (SSSR count). The number of carbonyl (C=O) groups excluding carboxylic acids is 1. The van der Waals surface area contributed by atoms with Crippen molar-refractivity contribution in [2.24, 2.45) is 0 Å². The fourth-order valence-electron chi connectivity index (χ4n) is 4.31.